The lowest BCUT2D eigenvalue weighted by molar-refractivity contribution is 0.0610. The second kappa shape index (κ2) is 7.59. The van der Waals surface area contributed by atoms with Gasteiger partial charge in [-0.1, -0.05) is 0 Å². The molecular formula is C22H27N3O2. The van der Waals surface area contributed by atoms with Crippen LogP contribution >= 0.6 is 0 Å². The molecule has 1 spiro atoms. The van der Waals surface area contributed by atoms with Crippen molar-refractivity contribution in [3.8, 4) is 5.75 Å². The molecule has 0 unspecified atom stereocenters. The van der Waals surface area contributed by atoms with E-state index in [1.54, 1.807) is 0 Å². The first kappa shape index (κ1) is 17.8. The van der Waals surface area contributed by atoms with Crippen molar-refractivity contribution in [1.82, 2.24) is 9.88 Å². The lowest BCUT2D eigenvalue weighted by Crippen LogP contribution is -2.44. The number of hydrogen-bond donors (Lipinski definition) is 0. The van der Waals surface area contributed by atoms with Gasteiger partial charge in [0.2, 0.25) is 0 Å². The summed E-state index contributed by atoms with van der Waals surface area (Å²) in [4.78, 5) is 21.4. The van der Waals surface area contributed by atoms with E-state index in [0.717, 1.165) is 50.3 Å². The van der Waals surface area contributed by atoms with Gasteiger partial charge in [-0.05, 0) is 68.0 Å². The number of carbonyl (C=O) groups is 1. The number of piperidine rings is 1. The zero-order valence-corrected chi connectivity index (χ0v) is 15.9. The van der Waals surface area contributed by atoms with Crippen LogP contribution in [-0.4, -0.2) is 48.6 Å². The van der Waals surface area contributed by atoms with Gasteiger partial charge in [0.25, 0.3) is 5.91 Å². The number of rotatable bonds is 4. The molecule has 0 aliphatic carbocycles. The number of likely N-dealkylation sites (tertiary alicyclic amines) is 1. The first-order chi connectivity index (χ1) is 13.2. The smallest absolute Gasteiger partial charge is 0.253 e. The molecule has 0 bridgehead atoms. The molecule has 1 aromatic heterocycles. The van der Waals surface area contributed by atoms with E-state index in [0.29, 0.717) is 12.0 Å². The van der Waals surface area contributed by atoms with Gasteiger partial charge in [0.1, 0.15) is 5.75 Å². The second-order valence-corrected chi connectivity index (χ2v) is 7.63. The molecule has 2 fully saturated rings. The summed E-state index contributed by atoms with van der Waals surface area (Å²) in [7, 11) is 0. The third-order valence-electron chi connectivity index (χ3n) is 5.99. The third kappa shape index (κ3) is 3.77. The van der Waals surface area contributed by atoms with Crippen LogP contribution in [0.25, 0.3) is 0 Å². The van der Waals surface area contributed by atoms with Gasteiger partial charge < -0.3 is 14.5 Å². The number of pyridine rings is 1. The Morgan fingerprint density at radius 3 is 2.37 bits per heavy atom. The lowest BCUT2D eigenvalue weighted by atomic mass is 9.77. The highest BCUT2D eigenvalue weighted by Crippen LogP contribution is 2.42. The van der Waals surface area contributed by atoms with E-state index in [4.69, 9.17) is 4.74 Å². The SMILES string of the molecule is CCOc1ccc(C(=O)N2CCC3(CC2)CCN(c2ccncc2)C3)cc1. The summed E-state index contributed by atoms with van der Waals surface area (Å²) in [6.45, 7) is 6.46. The summed E-state index contributed by atoms with van der Waals surface area (Å²) in [6.07, 6.45) is 7.09. The topological polar surface area (TPSA) is 45.7 Å². The highest BCUT2D eigenvalue weighted by molar-refractivity contribution is 5.94. The molecule has 2 aromatic rings. The van der Waals surface area contributed by atoms with Crippen molar-refractivity contribution >= 4 is 11.6 Å². The zero-order valence-electron chi connectivity index (χ0n) is 15.9. The Hall–Kier alpha value is -2.56. The van der Waals surface area contributed by atoms with Gasteiger partial charge in [-0.25, -0.2) is 0 Å². The first-order valence-corrected chi connectivity index (χ1v) is 9.86. The number of anilines is 1. The van der Waals surface area contributed by atoms with E-state index < -0.39 is 0 Å². The quantitative estimate of drug-likeness (QED) is 0.830. The minimum atomic E-state index is 0.136. The number of ether oxygens (including phenoxy) is 1. The van der Waals surface area contributed by atoms with Crippen LogP contribution in [0.15, 0.2) is 48.8 Å². The number of nitrogens with zero attached hydrogens (tertiary/aromatic N) is 3. The van der Waals surface area contributed by atoms with Crippen molar-refractivity contribution in [3.05, 3.63) is 54.4 Å². The molecule has 1 aromatic carbocycles. The minimum Gasteiger partial charge on any atom is -0.494 e. The fourth-order valence-corrected chi connectivity index (χ4v) is 4.35. The molecule has 1 amide bonds. The Labute approximate surface area is 161 Å². The Balaban J connectivity index is 1.35. The largest absolute Gasteiger partial charge is 0.494 e. The Kier molecular flexibility index (Phi) is 5.01. The van der Waals surface area contributed by atoms with Crippen molar-refractivity contribution in [2.45, 2.75) is 26.2 Å². The first-order valence-electron chi connectivity index (χ1n) is 9.86. The molecule has 2 aliphatic rings. The molecule has 0 saturated carbocycles. The van der Waals surface area contributed by atoms with Crippen LogP contribution in [-0.2, 0) is 0 Å². The van der Waals surface area contributed by atoms with Gasteiger partial charge in [-0.15, -0.1) is 0 Å². The van der Waals surface area contributed by atoms with Crippen molar-refractivity contribution in [3.63, 3.8) is 0 Å². The van der Waals surface area contributed by atoms with Crippen LogP contribution in [0.3, 0.4) is 0 Å². The Morgan fingerprint density at radius 2 is 1.70 bits per heavy atom. The van der Waals surface area contributed by atoms with Crippen LogP contribution in [0.5, 0.6) is 5.75 Å². The van der Waals surface area contributed by atoms with Crippen LogP contribution in [0.4, 0.5) is 5.69 Å². The van der Waals surface area contributed by atoms with E-state index in [-0.39, 0.29) is 5.91 Å². The van der Waals surface area contributed by atoms with Crippen molar-refractivity contribution < 1.29 is 9.53 Å². The molecule has 5 nitrogen and oxygen atoms in total. The Morgan fingerprint density at radius 1 is 1.04 bits per heavy atom. The van der Waals surface area contributed by atoms with Crippen LogP contribution in [0.1, 0.15) is 36.5 Å². The summed E-state index contributed by atoms with van der Waals surface area (Å²) in [5, 5.41) is 0. The predicted octanol–water partition coefficient (Wildman–Crippen LogP) is 3.61. The average Bonchev–Trinajstić information content (AvgIpc) is 3.13. The molecule has 2 saturated heterocycles. The maximum absolute atomic E-state index is 12.8. The van der Waals surface area contributed by atoms with Gasteiger partial charge in [0, 0.05) is 49.8 Å². The molecule has 0 atom stereocenters. The normalized spacial score (nSPS) is 18.7. The predicted molar refractivity (Wildman–Crippen MR) is 106 cm³/mol. The molecule has 4 rings (SSSR count). The fourth-order valence-electron chi connectivity index (χ4n) is 4.35. The van der Waals surface area contributed by atoms with Crippen molar-refractivity contribution in [1.29, 1.82) is 0 Å². The fraction of sp³-hybridized carbons (Fsp3) is 0.455. The minimum absolute atomic E-state index is 0.136. The summed E-state index contributed by atoms with van der Waals surface area (Å²) in [6, 6.07) is 11.7. The van der Waals surface area contributed by atoms with E-state index in [2.05, 4.69) is 22.0 Å². The number of amides is 1. The van der Waals surface area contributed by atoms with E-state index in [9.17, 15) is 4.79 Å². The molecule has 142 valence electrons. The molecule has 3 heterocycles. The van der Waals surface area contributed by atoms with Gasteiger partial charge >= 0.3 is 0 Å². The van der Waals surface area contributed by atoms with Gasteiger partial charge in [-0.3, -0.25) is 9.78 Å². The molecule has 0 radical (unpaired) electrons. The van der Waals surface area contributed by atoms with Gasteiger partial charge in [0.15, 0.2) is 0 Å². The monoisotopic (exact) mass is 365 g/mol. The third-order valence-corrected chi connectivity index (χ3v) is 5.99. The maximum Gasteiger partial charge on any atom is 0.253 e. The van der Waals surface area contributed by atoms with E-state index in [1.165, 1.54) is 12.1 Å². The standard InChI is InChI=1S/C22H27N3O2/c1-2-27-20-5-3-18(4-6-20)21(26)24-14-9-22(10-15-24)11-16-25(17-22)19-7-12-23-13-8-19/h3-8,12-13H,2,9-11,14-17H2,1H3. The second-order valence-electron chi connectivity index (χ2n) is 7.63. The summed E-state index contributed by atoms with van der Waals surface area (Å²) >= 11 is 0. The average molecular weight is 365 g/mol. The molecule has 2 aliphatic heterocycles. The van der Waals surface area contributed by atoms with Gasteiger partial charge in [0.05, 0.1) is 6.61 Å². The molecule has 0 N–H and O–H groups in total. The number of carbonyl (C=O) groups excluding carboxylic acids is 1. The summed E-state index contributed by atoms with van der Waals surface area (Å²) < 4.78 is 5.46. The lowest BCUT2D eigenvalue weighted by Gasteiger charge is -2.39. The van der Waals surface area contributed by atoms with Crippen molar-refractivity contribution in [2.75, 3.05) is 37.7 Å². The number of hydrogen-bond acceptors (Lipinski definition) is 4. The zero-order chi connectivity index (χ0) is 18.7. The van der Waals surface area contributed by atoms with Crippen LogP contribution in [0.2, 0.25) is 0 Å². The molecule has 27 heavy (non-hydrogen) atoms. The van der Waals surface area contributed by atoms with Crippen molar-refractivity contribution in [2.24, 2.45) is 5.41 Å². The number of aromatic nitrogens is 1. The molecule has 5 heteroatoms. The Bertz CT molecular complexity index is 768. The highest BCUT2D eigenvalue weighted by Gasteiger charge is 2.41. The number of benzene rings is 1. The van der Waals surface area contributed by atoms with Crippen LogP contribution in [0, 0.1) is 5.41 Å². The van der Waals surface area contributed by atoms with E-state index in [1.807, 2.05) is 48.5 Å². The van der Waals surface area contributed by atoms with Crippen LogP contribution < -0.4 is 9.64 Å². The maximum atomic E-state index is 12.8. The van der Waals surface area contributed by atoms with E-state index >= 15 is 0 Å². The van der Waals surface area contributed by atoms with Gasteiger partial charge in [-0.2, -0.15) is 0 Å². The molecular weight excluding hydrogens is 338 g/mol. The summed E-state index contributed by atoms with van der Waals surface area (Å²) in [5.41, 5.74) is 2.35. The highest BCUT2D eigenvalue weighted by atomic mass is 16.5. The summed E-state index contributed by atoms with van der Waals surface area (Å²) in [5.74, 6) is 0.950.